The van der Waals surface area contributed by atoms with Gasteiger partial charge in [-0.25, -0.2) is 0 Å². The summed E-state index contributed by atoms with van der Waals surface area (Å²) in [7, 11) is 1.57. The van der Waals surface area contributed by atoms with E-state index in [4.69, 9.17) is 4.74 Å². The maximum absolute atomic E-state index is 12.4. The molecule has 0 unspecified atom stereocenters. The fourth-order valence-corrected chi connectivity index (χ4v) is 2.63. The van der Waals surface area contributed by atoms with Crippen molar-refractivity contribution in [1.82, 2.24) is 25.5 Å². The molecule has 1 aliphatic carbocycles. The molecule has 0 bridgehead atoms. The van der Waals surface area contributed by atoms with E-state index in [-0.39, 0.29) is 11.9 Å². The van der Waals surface area contributed by atoms with Crippen LogP contribution in [0.5, 0.6) is 5.75 Å². The van der Waals surface area contributed by atoms with E-state index in [9.17, 15) is 4.79 Å². The molecule has 1 heterocycles. The Hall–Kier alpha value is -2.44. The summed E-state index contributed by atoms with van der Waals surface area (Å²) in [5.41, 5.74) is 1.20. The number of carbonyl (C=O) groups excluding carboxylic acids is 1. The number of aromatic nitrogens is 4. The number of rotatable bonds is 5. The monoisotopic (exact) mass is 301 g/mol. The Kier molecular flexibility index (Phi) is 4.04. The number of amides is 1. The molecule has 0 spiro atoms. The summed E-state index contributed by atoms with van der Waals surface area (Å²) < 4.78 is 6.78. The highest BCUT2D eigenvalue weighted by Gasteiger charge is 2.25. The number of benzene rings is 1. The summed E-state index contributed by atoms with van der Waals surface area (Å²) >= 11 is 0. The second-order valence-corrected chi connectivity index (χ2v) is 5.59. The third-order valence-electron chi connectivity index (χ3n) is 4.25. The smallest absolute Gasteiger partial charge is 0.251 e. The van der Waals surface area contributed by atoms with Crippen molar-refractivity contribution in [1.29, 1.82) is 0 Å². The van der Waals surface area contributed by atoms with Gasteiger partial charge in [0.05, 0.1) is 7.11 Å². The number of methoxy groups -OCH3 is 1. The molecule has 0 aliphatic heterocycles. The van der Waals surface area contributed by atoms with Crippen LogP contribution in [-0.2, 0) is 0 Å². The zero-order chi connectivity index (χ0) is 15.5. The maximum atomic E-state index is 12.4. The van der Waals surface area contributed by atoms with Crippen LogP contribution in [0.15, 0.2) is 24.5 Å². The lowest BCUT2D eigenvalue weighted by molar-refractivity contribution is 0.0909. The van der Waals surface area contributed by atoms with Crippen LogP contribution < -0.4 is 10.1 Å². The molecule has 22 heavy (non-hydrogen) atoms. The Labute approximate surface area is 128 Å². The van der Waals surface area contributed by atoms with Crippen LogP contribution in [0.2, 0.25) is 0 Å². The first-order chi connectivity index (χ1) is 10.7. The molecule has 0 radical (unpaired) electrons. The van der Waals surface area contributed by atoms with Gasteiger partial charge >= 0.3 is 0 Å². The second-order valence-electron chi connectivity index (χ2n) is 5.59. The van der Waals surface area contributed by atoms with Gasteiger partial charge in [-0.1, -0.05) is 6.42 Å². The normalized spacial score (nSPS) is 15.9. The van der Waals surface area contributed by atoms with Crippen molar-refractivity contribution < 1.29 is 9.53 Å². The predicted octanol–water partition coefficient (Wildman–Crippen LogP) is 1.59. The van der Waals surface area contributed by atoms with Crippen molar-refractivity contribution in [2.75, 3.05) is 7.11 Å². The number of hydrogen-bond acceptors (Lipinski definition) is 5. The standard InChI is InChI=1S/C15H19N5O2/c1-10(11-4-3-5-11)17-15(21)12-6-7-14(22-2)13(8-12)20-9-16-18-19-20/h6-11H,3-5H2,1-2H3,(H,17,21)/t10-/m1/s1. The van der Waals surface area contributed by atoms with Crippen LogP contribution in [0.25, 0.3) is 5.69 Å². The lowest BCUT2D eigenvalue weighted by Crippen LogP contribution is -2.40. The Morgan fingerprint density at radius 1 is 1.45 bits per heavy atom. The number of nitrogens with one attached hydrogen (secondary N) is 1. The van der Waals surface area contributed by atoms with Crippen LogP contribution in [0.4, 0.5) is 0 Å². The summed E-state index contributed by atoms with van der Waals surface area (Å²) in [5.74, 6) is 1.12. The summed E-state index contributed by atoms with van der Waals surface area (Å²) in [6.07, 6.45) is 5.12. The van der Waals surface area contributed by atoms with E-state index in [2.05, 4.69) is 27.8 Å². The summed E-state index contributed by atoms with van der Waals surface area (Å²) in [6.45, 7) is 2.06. The zero-order valence-electron chi connectivity index (χ0n) is 12.7. The van der Waals surface area contributed by atoms with Crippen LogP contribution in [0.3, 0.4) is 0 Å². The zero-order valence-corrected chi connectivity index (χ0v) is 12.7. The van der Waals surface area contributed by atoms with Gasteiger partial charge in [0.1, 0.15) is 17.8 Å². The first-order valence-corrected chi connectivity index (χ1v) is 7.41. The van der Waals surface area contributed by atoms with E-state index in [0.717, 1.165) is 0 Å². The van der Waals surface area contributed by atoms with Crippen molar-refractivity contribution in [2.45, 2.75) is 32.2 Å². The Morgan fingerprint density at radius 2 is 2.27 bits per heavy atom. The van der Waals surface area contributed by atoms with E-state index < -0.39 is 0 Å². The molecule has 7 nitrogen and oxygen atoms in total. The SMILES string of the molecule is COc1ccc(C(=O)N[C@H](C)C2CCC2)cc1-n1cnnn1. The third kappa shape index (κ3) is 2.79. The van der Waals surface area contributed by atoms with E-state index in [0.29, 0.717) is 22.9 Å². The first kappa shape index (κ1) is 14.5. The fourth-order valence-electron chi connectivity index (χ4n) is 2.63. The molecule has 1 aromatic carbocycles. The van der Waals surface area contributed by atoms with Crippen molar-refractivity contribution >= 4 is 5.91 Å². The molecular weight excluding hydrogens is 282 g/mol. The molecule has 1 atom stereocenters. The van der Waals surface area contributed by atoms with Crippen molar-refractivity contribution in [3.05, 3.63) is 30.1 Å². The minimum absolute atomic E-state index is 0.0867. The van der Waals surface area contributed by atoms with Gasteiger partial charge in [-0.05, 0) is 54.3 Å². The largest absolute Gasteiger partial charge is 0.494 e. The molecule has 7 heteroatoms. The van der Waals surface area contributed by atoms with Crippen molar-refractivity contribution in [3.8, 4) is 11.4 Å². The van der Waals surface area contributed by atoms with Crippen molar-refractivity contribution in [3.63, 3.8) is 0 Å². The highest BCUT2D eigenvalue weighted by Crippen LogP contribution is 2.29. The number of ether oxygens (including phenoxy) is 1. The summed E-state index contributed by atoms with van der Waals surface area (Å²) in [5, 5.41) is 14.1. The molecule has 1 amide bonds. The molecule has 1 aliphatic rings. The van der Waals surface area contributed by atoms with Gasteiger partial charge in [0.25, 0.3) is 5.91 Å². The average molecular weight is 301 g/mol. The summed E-state index contributed by atoms with van der Waals surface area (Å²) in [6, 6.07) is 5.42. The van der Waals surface area contributed by atoms with Crippen molar-refractivity contribution in [2.24, 2.45) is 5.92 Å². The second kappa shape index (κ2) is 6.13. The topological polar surface area (TPSA) is 81.9 Å². The molecule has 116 valence electrons. The maximum Gasteiger partial charge on any atom is 0.251 e. The highest BCUT2D eigenvalue weighted by atomic mass is 16.5. The molecule has 0 saturated heterocycles. The summed E-state index contributed by atoms with van der Waals surface area (Å²) in [4.78, 5) is 12.4. The quantitative estimate of drug-likeness (QED) is 0.907. The molecule has 1 fully saturated rings. The van der Waals surface area contributed by atoms with Gasteiger partial charge in [-0.15, -0.1) is 5.10 Å². The molecule has 2 aromatic rings. The predicted molar refractivity (Wildman–Crippen MR) is 80.0 cm³/mol. The molecule has 1 aromatic heterocycles. The molecule has 1 N–H and O–H groups in total. The number of nitrogens with zero attached hydrogens (tertiary/aromatic N) is 4. The van der Waals surface area contributed by atoms with Crippen LogP contribution in [0.1, 0.15) is 36.5 Å². The average Bonchev–Trinajstić information content (AvgIpc) is 2.98. The van der Waals surface area contributed by atoms with E-state index in [1.54, 1.807) is 25.3 Å². The Bertz CT molecular complexity index is 652. The molecular formula is C15H19N5O2. The highest BCUT2D eigenvalue weighted by molar-refractivity contribution is 5.95. The Balaban J connectivity index is 1.81. The van der Waals surface area contributed by atoms with Gasteiger partial charge in [0.2, 0.25) is 0 Å². The Morgan fingerprint density at radius 3 is 2.86 bits per heavy atom. The van der Waals surface area contributed by atoms with Crippen LogP contribution >= 0.6 is 0 Å². The lowest BCUT2D eigenvalue weighted by atomic mass is 9.80. The van der Waals surface area contributed by atoms with Gasteiger partial charge in [-0.3, -0.25) is 4.79 Å². The van der Waals surface area contributed by atoms with Gasteiger partial charge in [-0.2, -0.15) is 4.68 Å². The minimum atomic E-state index is -0.0867. The van der Waals surface area contributed by atoms with E-state index in [1.807, 2.05) is 0 Å². The van der Waals surface area contributed by atoms with Gasteiger partial charge in [0, 0.05) is 11.6 Å². The molecule has 3 rings (SSSR count). The first-order valence-electron chi connectivity index (χ1n) is 7.41. The number of hydrogen-bond donors (Lipinski definition) is 1. The number of carbonyl (C=O) groups is 1. The fraction of sp³-hybridized carbons (Fsp3) is 0.467. The van der Waals surface area contributed by atoms with Gasteiger partial charge in [0.15, 0.2) is 0 Å². The van der Waals surface area contributed by atoms with Crippen LogP contribution in [0, 0.1) is 5.92 Å². The minimum Gasteiger partial charge on any atom is -0.494 e. The lowest BCUT2D eigenvalue weighted by Gasteiger charge is -2.31. The van der Waals surface area contributed by atoms with E-state index >= 15 is 0 Å². The number of tetrazole rings is 1. The third-order valence-corrected chi connectivity index (χ3v) is 4.25. The molecule has 1 saturated carbocycles. The van der Waals surface area contributed by atoms with Gasteiger partial charge < -0.3 is 10.1 Å². The van der Waals surface area contributed by atoms with E-state index in [1.165, 1.54) is 30.3 Å². The van der Waals surface area contributed by atoms with Crippen LogP contribution in [-0.4, -0.2) is 39.3 Å².